The summed E-state index contributed by atoms with van der Waals surface area (Å²) in [6, 6.07) is 0. The summed E-state index contributed by atoms with van der Waals surface area (Å²) >= 11 is 0. The van der Waals surface area contributed by atoms with Crippen molar-refractivity contribution in [2.75, 3.05) is 27.7 Å². The van der Waals surface area contributed by atoms with E-state index in [1.807, 2.05) is 21.1 Å². The first-order valence-corrected chi connectivity index (χ1v) is 16.4. The van der Waals surface area contributed by atoms with Gasteiger partial charge in [0.2, 0.25) is 5.34 Å². The van der Waals surface area contributed by atoms with E-state index in [9.17, 15) is 19.5 Å². The first-order valence-electron chi connectivity index (χ1n) is 14.8. The van der Waals surface area contributed by atoms with E-state index in [0.717, 1.165) is 12.8 Å². The Kier molecular flexibility index (Phi) is 20.7. The second kappa shape index (κ2) is 20.8. The van der Waals surface area contributed by atoms with Crippen molar-refractivity contribution in [3.05, 3.63) is 12.2 Å². The molecule has 0 bridgehead atoms. The van der Waals surface area contributed by atoms with Crippen LogP contribution in [0.1, 0.15) is 142 Å². The highest BCUT2D eigenvalue weighted by Gasteiger charge is 2.48. The normalized spacial score (nSPS) is 14.6. The molecule has 0 saturated carbocycles. The number of likely N-dealkylation sites (N-methyl/N-ethyl adjacent to an activating group) is 1. The molecule has 0 saturated heterocycles. The lowest BCUT2D eigenvalue weighted by Gasteiger charge is -2.35. The van der Waals surface area contributed by atoms with Crippen LogP contribution in [-0.2, 0) is 4.57 Å². The van der Waals surface area contributed by atoms with Crippen molar-refractivity contribution in [1.29, 1.82) is 0 Å². The molecule has 0 aliphatic carbocycles. The van der Waals surface area contributed by atoms with Crippen LogP contribution in [0.25, 0.3) is 0 Å². The zero-order valence-electron chi connectivity index (χ0n) is 23.9. The number of rotatable bonds is 25. The molecule has 210 valence electrons. The van der Waals surface area contributed by atoms with Crippen LogP contribution < -0.4 is 0 Å². The fourth-order valence-corrected chi connectivity index (χ4v) is 5.85. The van der Waals surface area contributed by atoms with E-state index in [1.165, 1.54) is 109 Å². The number of hydrogen-bond donors (Lipinski definition) is 3. The molecule has 1 unspecified atom stereocenters. The Labute approximate surface area is 218 Å². The molecule has 0 aromatic carbocycles. The van der Waals surface area contributed by atoms with Crippen molar-refractivity contribution >= 4 is 7.60 Å². The van der Waals surface area contributed by atoms with Crippen molar-refractivity contribution in [3.63, 3.8) is 0 Å². The van der Waals surface area contributed by atoms with Gasteiger partial charge < -0.3 is 19.4 Å². The molecule has 0 amide bonds. The highest BCUT2D eigenvalue weighted by atomic mass is 31.2. The van der Waals surface area contributed by atoms with E-state index >= 15 is 0 Å². The van der Waals surface area contributed by atoms with Gasteiger partial charge in [0.1, 0.15) is 6.54 Å². The molecule has 0 radical (unpaired) electrons. The number of hydrogen-bond acceptors (Lipinski definition) is 2. The van der Waals surface area contributed by atoms with Gasteiger partial charge in [-0.3, -0.25) is 4.57 Å². The molecule has 0 aliphatic heterocycles. The monoisotopic (exact) mass is 518 g/mol. The zero-order valence-corrected chi connectivity index (χ0v) is 24.7. The van der Waals surface area contributed by atoms with Crippen LogP contribution >= 0.6 is 7.60 Å². The van der Waals surface area contributed by atoms with Gasteiger partial charge >= 0.3 is 7.60 Å². The molecule has 3 N–H and O–H groups in total. The predicted octanol–water partition coefficient (Wildman–Crippen LogP) is 8.33. The van der Waals surface area contributed by atoms with E-state index < -0.39 is 12.9 Å². The first kappa shape index (κ1) is 34.8. The topological polar surface area (TPSA) is 77.8 Å². The van der Waals surface area contributed by atoms with Crippen LogP contribution in [0.3, 0.4) is 0 Å². The molecule has 35 heavy (non-hydrogen) atoms. The largest absolute Gasteiger partial charge is 0.373 e. The molecule has 0 aromatic rings. The molecule has 5 nitrogen and oxygen atoms in total. The number of unbranched alkanes of at least 4 members (excludes halogenated alkanes) is 18. The number of allylic oxidation sites excluding steroid dienone is 2. The summed E-state index contributed by atoms with van der Waals surface area (Å²) in [6.07, 6.45) is 30.2. The molecule has 0 fully saturated rings. The summed E-state index contributed by atoms with van der Waals surface area (Å²) in [5.41, 5.74) is 0. The van der Waals surface area contributed by atoms with E-state index in [1.54, 1.807) is 0 Å². The standard InChI is InChI=1S/C29H60NO4P/c1-5-6-7-8-9-10-11-12-13-14-15-16-17-18-19-20-21-22-23-24-25-26-27-29(31,35(32,33)34)28-30(2,3)4/h12-13,31H,5-11,14-28H2,1-4H3,(H-,32,33,34)/p+1/b13-12+. The predicted molar refractivity (Wildman–Crippen MR) is 152 cm³/mol. The molecule has 0 aromatic heterocycles. The fourth-order valence-electron chi connectivity index (χ4n) is 4.79. The number of nitrogens with zero attached hydrogens (tertiary/aromatic N) is 1. The highest BCUT2D eigenvalue weighted by molar-refractivity contribution is 7.53. The summed E-state index contributed by atoms with van der Waals surface area (Å²) in [5, 5.41) is 8.66. The van der Waals surface area contributed by atoms with Gasteiger partial charge in [-0.2, -0.15) is 0 Å². The lowest BCUT2D eigenvalue weighted by Crippen LogP contribution is -2.49. The molecule has 1 atom stereocenters. The third-order valence-corrected chi connectivity index (χ3v) is 8.31. The Morgan fingerprint density at radius 2 is 0.971 bits per heavy atom. The van der Waals surface area contributed by atoms with Crippen molar-refractivity contribution in [3.8, 4) is 0 Å². The van der Waals surface area contributed by atoms with E-state index in [4.69, 9.17) is 0 Å². The summed E-state index contributed by atoms with van der Waals surface area (Å²) in [7, 11) is 0.987. The smallest absolute Gasteiger partial charge is 0.362 e. The SMILES string of the molecule is CCCCCCCC/C=C/CCCCCCCCCCCCCCC(O)(C[N+](C)(C)C)P(=O)(O)O. The van der Waals surface area contributed by atoms with Crippen molar-refractivity contribution < 1.29 is 23.9 Å². The van der Waals surface area contributed by atoms with Crippen LogP contribution in [0.5, 0.6) is 0 Å². The maximum atomic E-state index is 11.8. The van der Waals surface area contributed by atoms with E-state index in [2.05, 4.69) is 19.1 Å². The summed E-state index contributed by atoms with van der Waals surface area (Å²) in [6.45, 7) is 2.33. The van der Waals surface area contributed by atoms with Crippen LogP contribution in [0.4, 0.5) is 0 Å². The average Bonchev–Trinajstić information content (AvgIpc) is 2.75. The quantitative estimate of drug-likeness (QED) is 0.0491. The van der Waals surface area contributed by atoms with Crippen LogP contribution in [-0.4, -0.2) is 52.4 Å². The lowest BCUT2D eigenvalue weighted by molar-refractivity contribution is -0.875. The molecular formula is C29H61NO4P+. The van der Waals surface area contributed by atoms with Gasteiger partial charge in [0.05, 0.1) is 21.1 Å². The Balaban J connectivity index is 3.50. The molecule has 0 heterocycles. The van der Waals surface area contributed by atoms with Crippen molar-refractivity contribution in [2.24, 2.45) is 0 Å². The minimum atomic E-state index is -4.54. The van der Waals surface area contributed by atoms with Gasteiger partial charge in [-0.05, 0) is 38.5 Å². The summed E-state index contributed by atoms with van der Waals surface area (Å²) in [4.78, 5) is 19.2. The lowest BCUT2D eigenvalue weighted by atomic mass is 10.0. The second-order valence-corrected chi connectivity index (χ2v) is 13.7. The molecule has 6 heteroatoms. The number of quaternary nitrogens is 1. The maximum absolute atomic E-state index is 11.8. The highest BCUT2D eigenvalue weighted by Crippen LogP contribution is 2.52. The van der Waals surface area contributed by atoms with Gasteiger partial charge in [-0.1, -0.05) is 115 Å². The van der Waals surface area contributed by atoms with Gasteiger partial charge in [0.25, 0.3) is 0 Å². The Morgan fingerprint density at radius 1 is 0.629 bits per heavy atom. The Bertz CT molecular complexity index is 555. The van der Waals surface area contributed by atoms with E-state index in [0.29, 0.717) is 10.9 Å². The Hall–Kier alpha value is -0.190. The van der Waals surface area contributed by atoms with Gasteiger partial charge in [0.15, 0.2) is 0 Å². The number of aliphatic hydroxyl groups is 1. The van der Waals surface area contributed by atoms with Crippen LogP contribution in [0, 0.1) is 0 Å². The summed E-state index contributed by atoms with van der Waals surface area (Å²) < 4.78 is 12.1. The molecule has 0 spiro atoms. The van der Waals surface area contributed by atoms with Crippen molar-refractivity contribution in [2.45, 2.75) is 147 Å². The minimum absolute atomic E-state index is 0.0627. The third kappa shape index (κ3) is 21.6. The zero-order chi connectivity index (χ0) is 26.5. The summed E-state index contributed by atoms with van der Waals surface area (Å²) in [5.74, 6) is 0. The van der Waals surface area contributed by atoms with Crippen LogP contribution in [0.2, 0.25) is 0 Å². The Morgan fingerprint density at radius 3 is 1.31 bits per heavy atom. The fraction of sp³-hybridized carbons (Fsp3) is 0.931. The maximum Gasteiger partial charge on any atom is 0.362 e. The van der Waals surface area contributed by atoms with Gasteiger partial charge in [0, 0.05) is 0 Å². The van der Waals surface area contributed by atoms with E-state index in [-0.39, 0.29) is 13.0 Å². The van der Waals surface area contributed by atoms with Crippen LogP contribution in [0.15, 0.2) is 12.2 Å². The van der Waals surface area contributed by atoms with Gasteiger partial charge in [-0.25, -0.2) is 0 Å². The average molecular weight is 519 g/mol. The van der Waals surface area contributed by atoms with Gasteiger partial charge in [-0.15, -0.1) is 0 Å². The molecular weight excluding hydrogens is 457 g/mol. The van der Waals surface area contributed by atoms with Crippen molar-refractivity contribution in [1.82, 2.24) is 0 Å². The molecule has 0 aliphatic rings. The minimum Gasteiger partial charge on any atom is -0.373 e. The third-order valence-electron chi connectivity index (χ3n) is 6.86. The first-order chi connectivity index (χ1) is 16.5. The second-order valence-electron chi connectivity index (χ2n) is 11.8. The molecule has 0 rings (SSSR count).